The van der Waals surface area contributed by atoms with Crippen LogP contribution in [0.25, 0.3) is 11.3 Å². The highest BCUT2D eigenvalue weighted by Gasteiger charge is 2.33. The van der Waals surface area contributed by atoms with E-state index in [2.05, 4.69) is 28.3 Å². The van der Waals surface area contributed by atoms with Gasteiger partial charge in [-0.25, -0.2) is 4.98 Å². The molecule has 0 saturated carbocycles. The van der Waals surface area contributed by atoms with Crippen LogP contribution in [0.4, 0.5) is 5.82 Å². The second kappa shape index (κ2) is 9.61. The molecule has 32 heavy (non-hydrogen) atoms. The molecule has 3 aromatic rings. The molecule has 1 fully saturated rings. The molecule has 1 aromatic carbocycles. The summed E-state index contributed by atoms with van der Waals surface area (Å²) in [5.41, 5.74) is 3.94. The van der Waals surface area contributed by atoms with Gasteiger partial charge in [0.25, 0.3) is 5.91 Å². The van der Waals surface area contributed by atoms with Crippen LogP contribution in [0, 0.1) is 24.2 Å². The summed E-state index contributed by atoms with van der Waals surface area (Å²) in [6.07, 6.45) is 5.38. The van der Waals surface area contributed by atoms with Gasteiger partial charge < -0.3 is 10.2 Å². The molecule has 1 aliphatic heterocycles. The average molecular weight is 426 g/mol. The second-order valence-corrected chi connectivity index (χ2v) is 8.37. The van der Waals surface area contributed by atoms with E-state index in [9.17, 15) is 4.79 Å². The highest BCUT2D eigenvalue weighted by atomic mass is 16.2. The van der Waals surface area contributed by atoms with Crippen LogP contribution in [0.1, 0.15) is 41.3 Å². The summed E-state index contributed by atoms with van der Waals surface area (Å²) in [5.74, 6) is 1.11. The maximum absolute atomic E-state index is 13.8. The number of nitrogens with one attached hydrogen (secondary N) is 1. The monoisotopic (exact) mass is 425 g/mol. The molecule has 1 aliphatic rings. The number of anilines is 1. The Balaban J connectivity index is 1.60. The quantitative estimate of drug-likeness (QED) is 0.642. The molecular formula is C26H27N5O. The summed E-state index contributed by atoms with van der Waals surface area (Å²) in [6, 6.07) is 17.4. The lowest BCUT2D eigenvalue weighted by atomic mass is 9.89. The summed E-state index contributed by atoms with van der Waals surface area (Å²) in [7, 11) is 0. The van der Waals surface area contributed by atoms with Gasteiger partial charge in [0.1, 0.15) is 11.9 Å². The topological polar surface area (TPSA) is 81.9 Å². The number of nitrogens with zero attached hydrogens (tertiary/aromatic N) is 4. The number of rotatable bonds is 5. The van der Waals surface area contributed by atoms with Crippen molar-refractivity contribution >= 4 is 11.7 Å². The van der Waals surface area contributed by atoms with Crippen LogP contribution < -0.4 is 5.32 Å². The molecule has 6 nitrogen and oxygen atoms in total. The molecule has 0 spiro atoms. The SMILES string of the molecule is Cc1ccc(-c2ccccn2)c(C(=O)N2CCC[C@@H](C)C2CNc2ccc(C#N)cn2)c1. The Morgan fingerprint density at radius 1 is 1.22 bits per heavy atom. The van der Waals surface area contributed by atoms with Gasteiger partial charge in [-0.2, -0.15) is 5.26 Å². The van der Waals surface area contributed by atoms with Crippen molar-refractivity contribution in [3.05, 3.63) is 77.6 Å². The largest absolute Gasteiger partial charge is 0.368 e. The van der Waals surface area contributed by atoms with Crippen molar-refractivity contribution in [1.82, 2.24) is 14.9 Å². The Morgan fingerprint density at radius 3 is 2.81 bits per heavy atom. The van der Waals surface area contributed by atoms with Crippen molar-refractivity contribution in [2.45, 2.75) is 32.7 Å². The van der Waals surface area contributed by atoms with Gasteiger partial charge in [0, 0.05) is 36.6 Å². The lowest BCUT2D eigenvalue weighted by Crippen LogP contribution is -2.51. The molecule has 1 saturated heterocycles. The minimum atomic E-state index is 0.0421. The summed E-state index contributed by atoms with van der Waals surface area (Å²) in [4.78, 5) is 24.6. The average Bonchev–Trinajstić information content (AvgIpc) is 2.83. The molecule has 0 bridgehead atoms. The van der Waals surface area contributed by atoms with Gasteiger partial charge in [-0.15, -0.1) is 0 Å². The number of pyridine rings is 2. The third-order valence-corrected chi connectivity index (χ3v) is 6.11. The number of piperidine rings is 1. The van der Waals surface area contributed by atoms with Crippen LogP contribution in [-0.2, 0) is 0 Å². The zero-order valence-corrected chi connectivity index (χ0v) is 18.5. The smallest absolute Gasteiger partial charge is 0.254 e. The van der Waals surface area contributed by atoms with E-state index in [-0.39, 0.29) is 11.9 Å². The molecule has 6 heteroatoms. The Labute approximate surface area is 188 Å². The van der Waals surface area contributed by atoms with Gasteiger partial charge in [0.15, 0.2) is 0 Å². The summed E-state index contributed by atoms with van der Waals surface area (Å²) in [5, 5.41) is 12.3. The lowest BCUT2D eigenvalue weighted by Gasteiger charge is -2.40. The lowest BCUT2D eigenvalue weighted by molar-refractivity contribution is 0.0540. The van der Waals surface area contributed by atoms with Crippen LogP contribution >= 0.6 is 0 Å². The standard InChI is InChI=1S/C26H27N5O/c1-18-8-10-21(23-7-3-4-12-28-23)22(14-18)26(32)31-13-5-6-19(2)24(31)17-30-25-11-9-20(15-27)16-29-25/h3-4,7-12,14,16,19,24H,5-6,13,17H2,1-2H3,(H,29,30)/t19-,24?/m1/s1. The number of nitriles is 1. The molecule has 1 unspecified atom stereocenters. The minimum absolute atomic E-state index is 0.0421. The fourth-order valence-electron chi connectivity index (χ4n) is 4.32. The first-order valence-electron chi connectivity index (χ1n) is 11.0. The maximum Gasteiger partial charge on any atom is 0.254 e. The molecule has 4 rings (SSSR count). The molecule has 2 aromatic heterocycles. The Bertz CT molecular complexity index is 1120. The summed E-state index contributed by atoms with van der Waals surface area (Å²) < 4.78 is 0. The molecule has 2 atom stereocenters. The highest BCUT2D eigenvalue weighted by Crippen LogP contribution is 2.29. The maximum atomic E-state index is 13.8. The number of likely N-dealkylation sites (tertiary alicyclic amines) is 1. The number of carbonyl (C=O) groups excluding carboxylic acids is 1. The molecule has 1 amide bonds. The van der Waals surface area contributed by atoms with Crippen LogP contribution in [0.3, 0.4) is 0 Å². The molecule has 0 aliphatic carbocycles. The number of hydrogen-bond acceptors (Lipinski definition) is 5. The first-order chi connectivity index (χ1) is 15.6. The number of amides is 1. The summed E-state index contributed by atoms with van der Waals surface area (Å²) >= 11 is 0. The predicted molar refractivity (Wildman–Crippen MR) is 125 cm³/mol. The Hall–Kier alpha value is -3.72. The van der Waals surface area contributed by atoms with Gasteiger partial charge in [-0.05, 0) is 56.0 Å². The van der Waals surface area contributed by atoms with Gasteiger partial charge in [0.05, 0.1) is 17.3 Å². The van der Waals surface area contributed by atoms with E-state index < -0.39 is 0 Å². The summed E-state index contributed by atoms with van der Waals surface area (Å²) in [6.45, 7) is 5.55. The fourth-order valence-corrected chi connectivity index (χ4v) is 4.32. The van der Waals surface area contributed by atoms with Gasteiger partial charge >= 0.3 is 0 Å². The molecule has 0 radical (unpaired) electrons. The third kappa shape index (κ3) is 4.62. The van der Waals surface area contributed by atoms with Crippen molar-refractivity contribution in [2.75, 3.05) is 18.4 Å². The number of aromatic nitrogens is 2. The van der Waals surface area contributed by atoms with Crippen LogP contribution in [0.15, 0.2) is 60.9 Å². The van der Waals surface area contributed by atoms with Crippen LogP contribution in [0.5, 0.6) is 0 Å². The first kappa shape index (κ1) is 21.5. The second-order valence-electron chi connectivity index (χ2n) is 8.37. The Morgan fingerprint density at radius 2 is 2.09 bits per heavy atom. The van der Waals surface area contributed by atoms with Gasteiger partial charge in [-0.3, -0.25) is 9.78 Å². The van der Waals surface area contributed by atoms with Crippen molar-refractivity contribution in [3.63, 3.8) is 0 Å². The molecule has 162 valence electrons. The number of hydrogen-bond donors (Lipinski definition) is 1. The first-order valence-corrected chi connectivity index (χ1v) is 11.0. The fraction of sp³-hybridized carbons (Fsp3) is 0.308. The Kier molecular flexibility index (Phi) is 6.46. The predicted octanol–water partition coefficient (Wildman–Crippen LogP) is 4.68. The normalized spacial score (nSPS) is 18.1. The van der Waals surface area contributed by atoms with Gasteiger partial charge in [-0.1, -0.05) is 30.7 Å². The van der Waals surface area contributed by atoms with E-state index in [4.69, 9.17) is 5.26 Å². The van der Waals surface area contributed by atoms with Crippen molar-refractivity contribution in [2.24, 2.45) is 5.92 Å². The number of carbonyl (C=O) groups is 1. The number of benzene rings is 1. The third-order valence-electron chi connectivity index (χ3n) is 6.11. The van der Waals surface area contributed by atoms with E-state index in [1.165, 1.54) is 0 Å². The highest BCUT2D eigenvalue weighted by molar-refractivity contribution is 6.01. The van der Waals surface area contributed by atoms with Crippen LogP contribution in [0.2, 0.25) is 0 Å². The van der Waals surface area contributed by atoms with E-state index >= 15 is 0 Å². The van der Waals surface area contributed by atoms with Crippen molar-refractivity contribution in [1.29, 1.82) is 5.26 Å². The van der Waals surface area contributed by atoms with E-state index in [0.29, 0.717) is 29.4 Å². The number of aryl methyl sites for hydroxylation is 1. The zero-order chi connectivity index (χ0) is 22.5. The van der Waals surface area contributed by atoms with E-state index in [1.54, 1.807) is 24.5 Å². The molecule has 3 heterocycles. The minimum Gasteiger partial charge on any atom is -0.368 e. The van der Waals surface area contributed by atoms with E-state index in [0.717, 1.165) is 36.2 Å². The molecule has 1 N–H and O–H groups in total. The van der Waals surface area contributed by atoms with Crippen LogP contribution in [-0.4, -0.2) is 39.9 Å². The molecular weight excluding hydrogens is 398 g/mol. The van der Waals surface area contributed by atoms with Crippen molar-refractivity contribution < 1.29 is 4.79 Å². The van der Waals surface area contributed by atoms with Crippen molar-refractivity contribution in [3.8, 4) is 17.3 Å². The van der Waals surface area contributed by atoms with Gasteiger partial charge in [0.2, 0.25) is 0 Å². The zero-order valence-electron chi connectivity index (χ0n) is 18.5. The van der Waals surface area contributed by atoms with E-state index in [1.807, 2.05) is 48.2 Å².